The van der Waals surface area contributed by atoms with E-state index in [-0.39, 0.29) is 11.9 Å². The second kappa shape index (κ2) is 6.45. The highest BCUT2D eigenvalue weighted by atomic mass is 19.3. The van der Waals surface area contributed by atoms with Crippen molar-refractivity contribution in [3.63, 3.8) is 0 Å². The number of pyridine rings is 1. The minimum atomic E-state index is -2.90. The molecular weight excluding hydrogens is 328 g/mol. The third-order valence-electron chi connectivity index (χ3n) is 4.96. The molecule has 1 aromatic heterocycles. The first-order chi connectivity index (χ1) is 12.1. The Kier molecular flexibility index (Phi) is 4.14. The van der Waals surface area contributed by atoms with Crippen LogP contribution in [0, 0.1) is 17.2 Å². The molecule has 2 aliphatic rings. The van der Waals surface area contributed by atoms with Gasteiger partial charge in [-0.2, -0.15) is 14.0 Å². The molecule has 1 N–H and O–H groups in total. The molecule has 1 aromatic carbocycles. The maximum absolute atomic E-state index is 12.5. The lowest BCUT2D eigenvalue weighted by atomic mass is 9.89. The highest BCUT2D eigenvalue weighted by Gasteiger charge is 2.40. The van der Waals surface area contributed by atoms with Gasteiger partial charge in [0.2, 0.25) is 0 Å². The third-order valence-corrected chi connectivity index (χ3v) is 4.96. The van der Waals surface area contributed by atoms with E-state index in [1.807, 2.05) is 0 Å². The van der Waals surface area contributed by atoms with Crippen LogP contribution in [0.4, 0.5) is 14.5 Å². The Bertz CT molecular complexity index is 837. The molecule has 3 heterocycles. The van der Waals surface area contributed by atoms with Crippen molar-refractivity contribution in [3.8, 4) is 11.8 Å². The zero-order chi connectivity index (χ0) is 17.4. The number of nitrogens with zero attached hydrogens (tertiary/aromatic N) is 2. The first-order valence-corrected chi connectivity index (χ1v) is 8.31. The summed E-state index contributed by atoms with van der Waals surface area (Å²) in [7, 11) is 0. The van der Waals surface area contributed by atoms with Gasteiger partial charge in [-0.1, -0.05) is 0 Å². The fraction of sp³-hybridized carbons (Fsp3) is 0.444. The van der Waals surface area contributed by atoms with Crippen LogP contribution >= 0.6 is 0 Å². The summed E-state index contributed by atoms with van der Waals surface area (Å²) in [5.74, 6) is 0.444. The molecule has 2 saturated heterocycles. The van der Waals surface area contributed by atoms with Gasteiger partial charge < -0.3 is 14.8 Å². The summed E-state index contributed by atoms with van der Waals surface area (Å²) in [5, 5.41) is 13.3. The van der Waals surface area contributed by atoms with Crippen LogP contribution in [0.25, 0.3) is 10.9 Å². The predicted molar refractivity (Wildman–Crippen MR) is 87.6 cm³/mol. The molecule has 0 spiro atoms. The standard InChI is InChI=1S/C18H17F2N3O2/c19-18(20)25-13-1-3-15-14(6-13)17(11(7-21)9-22-15)23-8-10-5-12-2-4-16(10)24-12/h1,3,6,9-10,12,16,18H,2,4-5,8H2,(H,22,23)/t10-,12+,16+/m0/s1. The Morgan fingerprint density at radius 3 is 2.96 bits per heavy atom. The SMILES string of the molecule is N#Cc1cnc2ccc(OC(F)F)cc2c1NC[C@@H]1C[C@H]2CC[C@H]1O2. The first-order valence-electron chi connectivity index (χ1n) is 8.31. The largest absolute Gasteiger partial charge is 0.435 e. The lowest BCUT2D eigenvalue weighted by Gasteiger charge is -2.20. The van der Waals surface area contributed by atoms with E-state index in [1.54, 1.807) is 6.07 Å². The number of anilines is 1. The maximum atomic E-state index is 12.5. The van der Waals surface area contributed by atoms with E-state index in [4.69, 9.17) is 4.74 Å². The summed E-state index contributed by atoms with van der Waals surface area (Å²) >= 11 is 0. The highest BCUT2D eigenvalue weighted by molar-refractivity contribution is 5.94. The Labute approximate surface area is 143 Å². The van der Waals surface area contributed by atoms with Gasteiger partial charge in [-0.05, 0) is 37.5 Å². The minimum absolute atomic E-state index is 0.0469. The van der Waals surface area contributed by atoms with Crippen molar-refractivity contribution < 1.29 is 18.3 Å². The fourth-order valence-corrected chi connectivity index (χ4v) is 3.81. The molecule has 0 amide bonds. The molecule has 0 saturated carbocycles. The summed E-state index contributed by atoms with van der Waals surface area (Å²) in [5.41, 5.74) is 1.60. The zero-order valence-electron chi connectivity index (χ0n) is 13.4. The molecule has 5 nitrogen and oxygen atoms in total. The van der Waals surface area contributed by atoms with Gasteiger partial charge in [0.15, 0.2) is 0 Å². The lowest BCUT2D eigenvalue weighted by molar-refractivity contribution is -0.0497. The summed E-state index contributed by atoms with van der Waals surface area (Å²) in [4.78, 5) is 4.22. The molecular formula is C18H17F2N3O2. The molecule has 0 aliphatic carbocycles. The molecule has 2 bridgehead atoms. The fourth-order valence-electron chi connectivity index (χ4n) is 3.81. The Balaban J connectivity index is 1.63. The van der Waals surface area contributed by atoms with Crippen LogP contribution < -0.4 is 10.1 Å². The van der Waals surface area contributed by atoms with Gasteiger partial charge >= 0.3 is 6.61 Å². The topological polar surface area (TPSA) is 67.2 Å². The Hall–Kier alpha value is -2.46. The van der Waals surface area contributed by atoms with Gasteiger partial charge in [0, 0.05) is 24.0 Å². The third kappa shape index (κ3) is 3.10. The number of rotatable bonds is 5. The molecule has 130 valence electrons. The van der Waals surface area contributed by atoms with E-state index < -0.39 is 6.61 Å². The van der Waals surface area contributed by atoms with Crippen LogP contribution in [-0.4, -0.2) is 30.3 Å². The zero-order valence-corrected chi connectivity index (χ0v) is 13.4. The average molecular weight is 345 g/mol. The lowest BCUT2D eigenvalue weighted by Crippen LogP contribution is -2.24. The van der Waals surface area contributed by atoms with Gasteiger partial charge in [-0.3, -0.25) is 4.98 Å². The molecule has 3 atom stereocenters. The van der Waals surface area contributed by atoms with Gasteiger partial charge in [0.1, 0.15) is 11.8 Å². The number of alkyl halides is 2. The maximum Gasteiger partial charge on any atom is 0.387 e. The number of ether oxygens (including phenoxy) is 2. The van der Waals surface area contributed by atoms with Crippen molar-refractivity contribution in [1.29, 1.82) is 5.26 Å². The van der Waals surface area contributed by atoms with E-state index in [0.717, 1.165) is 19.3 Å². The number of benzene rings is 1. The highest BCUT2D eigenvalue weighted by Crippen LogP contribution is 2.39. The van der Waals surface area contributed by atoms with Crippen LogP contribution in [0.5, 0.6) is 5.75 Å². The molecule has 7 heteroatoms. The van der Waals surface area contributed by atoms with Gasteiger partial charge in [-0.25, -0.2) is 0 Å². The molecule has 2 aliphatic heterocycles. The summed E-state index contributed by atoms with van der Waals surface area (Å²) in [6, 6.07) is 6.66. The van der Waals surface area contributed by atoms with Gasteiger partial charge in [-0.15, -0.1) is 0 Å². The molecule has 2 fully saturated rings. The molecule has 4 rings (SSSR count). The van der Waals surface area contributed by atoms with E-state index in [2.05, 4.69) is 21.1 Å². The quantitative estimate of drug-likeness (QED) is 0.895. The molecule has 2 aromatic rings. The Morgan fingerprint density at radius 2 is 2.28 bits per heavy atom. The van der Waals surface area contributed by atoms with Crippen LogP contribution in [0.2, 0.25) is 0 Å². The van der Waals surface area contributed by atoms with E-state index in [0.29, 0.717) is 40.7 Å². The van der Waals surface area contributed by atoms with Crippen molar-refractivity contribution in [2.24, 2.45) is 5.92 Å². The van der Waals surface area contributed by atoms with Crippen molar-refractivity contribution in [2.45, 2.75) is 38.1 Å². The number of hydrogen-bond donors (Lipinski definition) is 1. The number of halogens is 2. The summed E-state index contributed by atoms with van der Waals surface area (Å²) < 4.78 is 35.3. The van der Waals surface area contributed by atoms with Gasteiger partial charge in [0.05, 0.1) is 29.0 Å². The van der Waals surface area contributed by atoms with Crippen molar-refractivity contribution in [2.75, 3.05) is 11.9 Å². The van der Waals surface area contributed by atoms with Crippen molar-refractivity contribution in [3.05, 3.63) is 30.0 Å². The number of fused-ring (bicyclic) bond motifs is 3. The molecule has 0 unspecified atom stereocenters. The predicted octanol–water partition coefficient (Wildman–Crippen LogP) is 3.69. The number of nitriles is 1. The first kappa shape index (κ1) is 16.0. The van der Waals surface area contributed by atoms with Crippen LogP contribution in [0.15, 0.2) is 24.4 Å². The van der Waals surface area contributed by atoms with E-state index in [9.17, 15) is 14.0 Å². The molecule has 0 radical (unpaired) electrons. The minimum Gasteiger partial charge on any atom is -0.435 e. The smallest absolute Gasteiger partial charge is 0.387 e. The van der Waals surface area contributed by atoms with E-state index in [1.165, 1.54) is 18.3 Å². The monoisotopic (exact) mass is 345 g/mol. The number of aromatic nitrogens is 1. The van der Waals surface area contributed by atoms with Gasteiger partial charge in [0.25, 0.3) is 0 Å². The Morgan fingerprint density at radius 1 is 1.40 bits per heavy atom. The van der Waals surface area contributed by atoms with Crippen LogP contribution in [0.3, 0.4) is 0 Å². The number of nitrogens with one attached hydrogen (secondary N) is 1. The summed E-state index contributed by atoms with van der Waals surface area (Å²) in [6.45, 7) is -2.22. The van der Waals surface area contributed by atoms with Crippen molar-refractivity contribution >= 4 is 16.6 Å². The summed E-state index contributed by atoms with van der Waals surface area (Å²) in [6.07, 6.45) is 5.34. The van der Waals surface area contributed by atoms with Crippen LogP contribution in [0.1, 0.15) is 24.8 Å². The second-order valence-corrected chi connectivity index (χ2v) is 6.47. The van der Waals surface area contributed by atoms with Crippen molar-refractivity contribution in [1.82, 2.24) is 4.98 Å². The average Bonchev–Trinajstić information content (AvgIpc) is 3.22. The van der Waals surface area contributed by atoms with Crippen LogP contribution in [-0.2, 0) is 4.74 Å². The normalized spacial score (nSPS) is 24.6. The molecule has 25 heavy (non-hydrogen) atoms. The second-order valence-electron chi connectivity index (χ2n) is 6.47. The van der Waals surface area contributed by atoms with E-state index >= 15 is 0 Å². The number of hydrogen-bond acceptors (Lipinski definition) is 5.